The number of nitrogen functional groups attached to an aromatic ring is 1. The maximum absolute atomic E-state index is 14.0. The number of rotatable bonds is 1. The highest BCUT2D eigenvalue weighted by molar-refractivity contribution is 7.78. The summed E-state index contributed by atoms with van der Waals surface area (Å²) < 4.78 is 22.9. The van der Waals surface area contributed by atoms with Crippen molar-refractivity contribution in [1.29, 1.82) is 0 Å². The lowest BCUT2D eigenvalue weighted by Gasteiger charge is -2.21. The topological polar surface area (TPSA) is 119 Å². The first-order valence-corrected chi connectivity index (χ1v) is 11.1. The Balaban J connectivity index is 0.000000569. The third-order valence-electron chi connectivity index (χ3n) is 5.55. The summed E-state index contributed by atoms with van der Waals surface area (Å²) in [6.45, 7) is 6.12. The Morgan fingerprint density at radius 3 is 2.61 bits per heavy atom. The summed E-state index contributed by atoms with van der Waals surface area (Å²) in [5.41, 5.74) is 9.28. The number of nitrogens with zero attached hydrogens (tertiary/aromatic N) is 2. The van der Waals surface area contributed by atoms with Gasteiger partial charge in [-0.15, -0.1) is 0 Å². The fraction of sp³-hybridized carbons (Fsp3) is 0.348. The van der Waals surface area contributed by atoms with Crippen molar-refractivity contribution in [2.75, 3.05) is 12.8 Å². The first-order valence-electron chi connectivity index (χ1n) is 10.6. The number of halogens is 1. The van der Waals surface area contributed by atoms with Gasteiger partial charge in [-0.25, -0.2) is 14.2 Å². The number of hydrogen-bond donors (Lipinski definition) is 4. The second kappa shape index (κ2) is 9.90. The fourth-order valence-electron chi connectivity index (χ4n) is 4.15. The maximum atomic E-state index is 14.0. The minimum Gasteiger partial charge on any atom is -0.458 e. The highest BCUT2D eigenvalue weighted by Gasteiger charge is 2.34. The number of aliphatic hydroxyl groups is 1. The molecule has 176 valence electrons. The van der Waals surface area contributed by atoms with E-state index in [4.69, 9.17) is 10.5 Å². The third-order valence-corrected chi connectivity index (χ3v) is 5.55. The van der Waals surface area contributed by atoms with Gasteiger partial charge in [-0.1, -0.05) is 33.6 Å². The summed E-state index contributed by atoms with van der Waals surface area (Å²) in [5.74, 6) is -1.34. The van der Waals surface area contributed by atoms with Gasteiger partial charge in [-0.2, -0.15) is 0 Å². The highest BCUT2D eigenvalue weighted by Crippen LogP contribution is 2.38. The van der Waals surface area contributed by atoms with Crippen LogP contribution in [-0.4, -0.2) is 27.7 Å². The lowest BCUT2D eigenvalue weighted by Crippen LogP contribution is -2.32. The van der Waals surface area contributed by atoms with Gasteiger partial charge in [0.1, 0.15) is 12.4 Å². The van der Waals surface area contributed by atoms with Crippen LogP contribution in [0.5, 0.6) is 0 Å². The second-order valence-electron chi connectivity index (χ2n) is 7.25. The van der Waals surface area contributed by atoms with Crippen LogP contribution in [0.1, 0.15) is 49.1 Å². The summed E-state index contributed by atoms with van der Waals surface area (Å²) in [4.78, 5) is 29.3. The average molecular weight is 475 g/mol. The van der Waals surface area contributed by atoms with Crippen LogP contribution < -0.4 is 16.0 Å². The standard InChI is InChI=1S/C20H16FN3O4.C2H6.CH5NS/c1-2-8-9-3-14(22)13(21)5-15(9)23-17-11(8)6-24-16(17)4-10-12(19(24)26)7-28-20(27)18(10)25;1-2;1-2-3/h3-5,18,25H,2,6-7,22H2,1H3;1-2H3;2-3H,1H3. The number of ether oxygens (including phenoxy) is 1. The molecule has 0 radical (unpaired) electrons. The zero-order valence-corrected chi connectivity index (χ0v) is 19.8. The molecule has 0 aliphatic carbocycles. The molecule has 0 fully saturated rings. The Morgan fingerprint density at radius 2 is 1.97 bits per heavy atom. The quantitative estimate of drug-likeness (QED) is 0.190. The summed E-state index contributed by atoms with van der Waals surface area (Å²) in [6, 6.07) is 4.47. The zero-order chi connectivity index (χ0) is 24.4. The molecule has 4 heterocycles. The zero-order valence-electron chi connectivity index (χ0n) is 18.9. The van der Waals surface area contributed by atoms with E-state index >= 15 is 0 Å². The van der Waals surface area contributed by atoms with Crippen LogP contribution in [-0.2, 0) is 29.1 Å². The van der Waals surface area contributed by atoms with Crippen LogP contribution in [0.3, 0.4) is 0 Å². The van der Waals surface area contributed by atoms with Crippen molar-refractivity contribution in [3.8, 4) is 11.4 Å². The molecule has 0 bridgehead atoms. The Kier molecular flexibility index (Phi) is 7.41. The van der Waals surface area contributed by atoms with E-state index in [2.05, 4.69) is 22.5 Å². The Labute approximate surface area is 196 Å². The number of nitrogens with one attached hydrogen (secondary N) is 1. The smallest absolute Gasteiger partial charge is 0.340 e. The molecular weight excluding hydrogens is 447 g/mol. The summed E-state index contributed by atoms with van der Waals surface area (Å²) >= 11 is 3.54. The number of carbonyl (C=O) groups excluding carboxylic acids is 1. The van der Waals surface area contributed by atoms with Crippen molar-refractivity contribution in [1.82, 2.24) is 14.3 Å². The number of benzene rings is 1. The van der Waals surface area contributed by atoms with Crippen LogP contribution in [0.15, 0.2) is 23.0 Å². The van der Waals surface area contributed by atoms with Crippen molar-refractivity contribution < 1.29 is 19.0 Å². The van der Waals surface area contributed by atoms with Crippen molar-refractivity contribution in [2.45, 2.75) is 46.4 Å². The molecule has 5 rings (SSSR count). The van der Waals surface area contributed by atoms with Gasteiger partial charge in [0.15, 0.2) is 6.10 Å². The van der Waals surface area contributed by atoms with Crippen molar-refractivity contribution in [3.63, 3.8) is 0 Å². The maximum Gasteiger partial charge on any atom is 0.340 e. The van der Waals surface area contributed by atoms with E-state index in [1.165, 1.54) is 6.07 Å². The summed E-state index contributed by atoms with van der Waals surface area (Å²) in [5, 5.41) is 10.9. The molecule has 0 saturated carbocycles. The van der Waals surface area contributed by atoms with Gasteiger partial charge >= 0.3 is 5.97 Å². The van der Waals surface area contributed by atoms with Gasteiger partial charge in [0.2, 0.25) is 0 Å². The Hall–Kier alpha value is -2.95. The van der Waals surface area contributed by atoms with E-state index < -0.39 is 17.9 Å². The number of fused-ring (bicyclic) bond motifs is 5. The van der Waals surface area contributed by atoms with Crippen molar-refractivity contribution in [2.24, 2.45) is 0 Å². The average Bonchev–Trinajstić information content (AvgIpc) is 3.16. The molecule has 1 aromatic carbocycles. The van der Waals surface area contributed by atoms with Gasteiger partial charge in [-0.3, -0.25) is 9.52 Å². The molecule has 2 aliphatic rings. The van der Waals surface area contributed by atoms with Gasteiger partial charge in [0.05, 0.1) is 34.7 Å². The van der Waals surface area contributed by atoms with Crippen LogP contribution in [0.2, 0.25) is 0 Å². The molecule has 1 atom stereocenters. The molecule has 4 N–H and O–H groups in total. The molecule has 0 amide bonds. The van der Waals surface area contributed by atoms with Gasteiger partial charge in [0.25, 0.3) is 5.56 Å². The molecule has 2 aliphatic heterocycles. The first kappa shape index (κ1) is 24.7. The van der Waals surface area contributed by atoms with Crippen LogP contribution in [0.4, 0.5) is 10.1 Å². The van der Waals surface area contributed by atoms with Crippen molar-refractivity contribution in [3.05, 3.63) is 56.6 Å². The van der Waals surface area contributed by atoms with Crippen molar-refractivity contribution >= 4 is 35.4 Å². The third kappa shape index (κ3) is 4.09. The number of aliphatic hydroxyl groups excluding tert-OH is 1. The van der Waals surface area contributed by atoms with Gasteiger partial charge < -0.3 is 20.1 Å². The first-order chi connectivity index (χ1) is 15.8. The number of pyridine rings is 2. The van der Waals surface area contributed by atoms with Gasteiger partial charge in [-0.05, 0) is 31.2 Å². The number of hydrogen-bond acceptors (Lipinski definition) is 8. The molecule has 1 unspecified atom stereocenters. The normalized spacial score (nSPS) is 15.4. The van der Waals surface area contributed by atoms with E-state index in [0.29, 0.717) is 29.9 Å². The van der Waals surface area contributed by atoms with Gasteiger partial charge in [0, 0.05) is 22.6 Å². The van der Waals surface area contributed by atoms with E-state index in [0.717, 1.165) is 16.5 Å². The van der Waals surface area contributed by atoms with Crippen LogP contribution in [0, 0.1) is 5.82 Å². The van der Waals surface area contributed by atoms with E-state index in [1.807, 2.05) is 20.8 Å². The number of nitrogens with two attached hydrogens (primary N) is 1. The predicted octanol–water partition coefficient (Wildman–Crippen LogP) is 2.88. The fourth-order valence-corrected chi connectivity index (χ4v) is 4.15. The predicted molar refractivity (Wildman–Crippen MR) is 128 cm³/mol. The highest BCUT2D eigenvalue weighted by atomic mass is 32.1. The SMILES string of the molecule is CC.CCc1c2c(nc3cc(F)c(N)cc13)-c1cc3c(c(=O)n1C2)COC(=O)C3O.CNS. The number of thiol groups is 1. The number of anilines is 1. The number of aryl methyl sites for hydroxylation is 1. The van der Waals surface area contributed by atoms with E-state index in [9.17, 15) is 19.1 Å². The molecule has 3 aromatic rings. The molecule has 0 spiro atoms. The number of esters is 1. The minimum absolute atomic E-state index is 0.0471. The monoisotopic (exact) mass is 474 g/mol. The van der Waals surface area contributed by atoms with E-state index in [-0.39, 0.29) is 29.0 Å². The second-order valence-corrected chi connectivity index (χ2v) is 7.70. The number of carbonyl (C=O) groups is 1. The largest absolute Gasteiger partial charge is 0.458 e. The molecule has 10 heteroatoms. The molecule has 33 heavy (non-hydrogen) atoms. The van der Waals surface area contributed by atoms with E-state index in [1.54, 1.807) is 23.7 Å². The number of cyclic esters (lactones) is 1. The Bertz CT molecular complexity index is 1290. The molecular formula is C23H27FN4O4S. The van der Waals surface area contributed by atoms with Crippen LogP contribution in [0.25, 0.3) is 22.3 Å². The summed E-state index contributed by atoms with van der Waals surface area (Å²) in [6.07, 6.45) is -0.853. The minimum atomic E-state index is -1.50. The van der Waals surface area contributed by atoms with Crippen LogP contribution >= 0.6 is 12.8 Å². The molecule has 0 saturated heterocycles. The Morgan fingerprint density at radius 1 is 1.30 bits per heavy atom. The summed E-state index contributed by atoms with van der Waals surface area (Å²) in [7, 11) is 1.74. The number of aromatic nitrogens is 2. The molecule has 8 nitrogen and oxygen atoms in total. The lowest BCUT2D eigenvalue weighted by molar-refractivity contribution is -0.157. The molecule has 2 aromatic heterocycles. The lowest BCUT2D eigenvalue weighted by atomic mass is 9.97.